The van der Waals surface area contributed by atoms with Gasteiger partial charge in [0.2, 0.25) is 0 Å². The van der Waals surface area contributed by atoms with Gasteiger partial charge in [-0.15, -0.1) is 0 Å². The predicted molar refractivity (Wildman–Crippen MR) is 93.1 cm³/mol. The Kier molecular flexibility index (Phi) is 4.47. The van der Waals surface area contributed by atoms with Crippen LogP contribution in [-0.4, -0.2) is 59.8 Å². The van der Waals surface area contributed by atoms with E-state index in [2.05, 4.69) is 20.3 Å². The molecule has 3 aromatic rings. The first-order valence-corrected chi connectivity index (χ1v) is 8.29. The average molecular weight is 378 g/mol. The largest absolute Gasteiger partial charge is 0.394 e. The van der Waals surface area contributed by atoms with E-state index >= 15 is 0 Å². The fourth-order valence-electron chi connectivity index (χ4n) is 2.91. The van der Waals surface area contributed by atoms with Gasteiger partial charge in [0, 0.05) is 10.7 Å². The van der Waals surface area contributed by atoms with Crippen molar-refractivity contribution in [3.8, 4) is 0 Å². The molecule has 0 spiro atoms. The Balaban J connectivity index is 1.68. The highest BCUT2D eigenvalue weighted by molar-refractivity contribution is 6.30. The van der Waals surface area contributed by atoms with Crippen molar-refractivity contribution < 1.29 is 20.1 Å². The quantitative estimate of drug-likeness (QED) is 0.527. The zero-order valence-corrected chi connectivity index (χ0v) is 14.2. The summed E-state index contributed by atoms with van der Waals surface area (Å²) in [5.41, 5.74) is 1.67. The molecule has 136 valence electrons. The van der Waals surface area contributed by atoms with E-state index in [9.17, 15) is 15.3 Å². The van der Waals surface area contributed by atoms with Crippen LogP contribution in [0.15, 0.2) is 36.9 Å². The second-order valence-corrected chi connectivity index (χ2v) is 6.34. The molecule has 1 aliphatic heterocycles. The highest BCUT2D eigenvalue weighted by atomic mass is 35.5. The van der Waals surface area contributed by atoms with Crippen LogP contribution in [0.4, 0.5) is 11.5 Å². The van der Waals surface area contributed by atoms with Crippen molar-refractivity contribution in [1.29, 1.82) is 0 Å². The third-order valence-corrected chi connectivity index (χ3v) is 4.51. The molecule has 1 aromatic carbocycles. The highest BCUT2D eigenvalue weighted by Crippen LogP contribution is 2.32. The molecule has 26 heavy (non-hydrogen) atoms. The fraction of sp³-hybridized carbons (Fsp3) is 0.312. The molecule has 0 unspecified atom stereocenters. The summed E-state index contributed by atoms with van der Waals surface area (Å²) in [5.74, 6) is 0.475. The first-order chi connectivity index (χ1) is 12.6. The van der Waals surface area contributed by atoms with Gasteiger partial charge in [0.15, 0.2) is 23.2 Å². The van der Waals surface area contributed by atoms with Crippen LogP contribution < -0.4 is 5.32 Å². The van der Waals surface area contributed by atoms with Crippen molar-refractivity contribution in [2.75, 3.05) is 11.9 Å². The van der Waals surface area contributed by atoms with E-state index in [1.165, 1.54) is 17.2 Å². The van der Waals surface area contributed by atoms with E-state index in [-0.39, 0.29) is 0 Å². The molecule has 1 fully saturated rings. The molecular formula is C16H16ClN5O4. The second-order valence-electron chi connectivity index (χ2n) is 5.91. The molecule has 1 saturated heterocycles. The van der Waals surface area contributed by atoms with E-state index in [0.29, 0.717) is 22.0 Å². The van der Waals surface area contributed by atoms with E-state index in [0.717, 1.165) is 5.69 Å². The molecule has 0 amide bonds. The minimum atomic E-state index is -1.22. The maximum Gasteiger partial charge on any atom is 0.167 e. The van der Waals surface area contributed by atoms with Crippen molar-refractivity contribution >= 4 is 34.3 Å². The number of benzene rings is 1. The monoisotopic (exact) mass is 377 g/mol. The van der Waals surface area contributed by atoms with Crippen molar-refractivity contribution in [3.05, 3.63) is 41.9 Å². The summed E-state index contributed by atoms with van der Waals surface area (Å²) in [6, 6.07) is 7.11. The van der Waals surface area contributed by atoms with Gasteiger partial charge < -0.3 is 25.4 Å². The molecule has 0 aliphatic carbocycles. The lowest BCUT2D eigenvalue weighted by molar-refractivity contribution is -0.0511. The Hall–Kier alpha value is -2.30. The molecule has 0 radical (unpaired) electrons. The number of halogens is 1. The minimum Gasteiger partial charge on any atom is -0.394 e. The summed E-state index contributed by atoms with van der Waals surface area (Å²) in [6.07, 6.45) is -1.39. The number of fused-ring (bicyclic) bond motifs is 1. The number of ether oxygens (including phenoxy) is 1. The van der Waals surface area contributed by atoms with Gasteiger partial charge in [-0.05, 0) is 24.3 Å². The SMILES string of the molecule is OC[C@H]1O[C@@H](n2cnc3c(Nc4ccc(Cl)cc4)ncnc32)[C@H](O)[C@@H]1O. The standard InChI is InChI=1S/C16H16ClN5O4/c17-8-1-3-9(4-2-8)21-14-11-15(19-6-18-14)22(7-20-11)16-13(25)12(24)10(5-23)26-16/h1-4,6-7,10,12-13,16,23-25H,5H2,(H,18,19,21)/t10-,12-,13-,16-/m1/s1. The Morgan fingerprint density at radius 2 is 1.88 bits per heavy atom. The van der Waals surface area contributed by atoms with Crippen molar-refractivity contribution in [1.82, 2.24) is 19.5 Å². The highest BCUT2D eigenvalue weighted by Gasteiger charge is 2.44. The van der Waals surface area contributed by atoms with E-state index < -0.39 is 31.1 Å². The topological polar surface area (TPSA) is 126 Å². The van der Waals surface area contributed by atoms with Gasteiger partial charge in [-0.3, -0.25) is 4.57 Å². The first kappa shape index (κ1) is 17.1. The Morgan fingerprint density at radius 1 is 1.12 bits per heavy atom. The number of imidazole rings is 1. The number of hydrogen-bond acceptors (Lipinski definition) is 8. The van der Waals surface area contributed by atoms with Gasteiger partial charge in [-0.1, -0.05) is 11.6 Å². The maximum absolute atomic E-state index is 10.2. The molecular weight excluding hydrogens is 362 g/mol. The average Bonchev–Trinajstić information content (AvgIpc) is 3.19. The molecule has 4 N–H and O–H groups in total. The van der Waals surface area contributed by atoms with Crippen LogP contribution in [0.25, 0.3) is 11.2 Å². The number of aliphatic hydroxyl groups is 3. The molecule has 0 saturated carbocycles. The van der Waals surface area contributed by atoms with Gasteiger partial charge >= 0.3 is 0 Å². The summed E-state index contributed by atoms with van der Waals surface area (Å²) in [5, 5.41) is 33.2. The molecule has 9 nitrogen and oxygen atoms in total. The summed E-state index contributed by atoms with van der Waals surface area (Å²) in [7, 11) is 0. The van der Waals surface area contributed by atoms with Gasteiger partial charge in [-0.25, -0.2) is 15.0 Å². The normalized spacial score (nSPS) is 25.7. The smallest absolute Gasteiger partial charge is 0.167 e. The Bertz CT molecular complexity index is 919. The fourth-order valence-corrected chi connectivity index (χ4v) is 3.04. The summed E-state index contributed by atoms with van der Waals surface area (Å²) >= 11 is 5.89. The van der Waals surface area contributed by atoms with Crippen LogP contribution in [0, 0.1) is 0 Å². The Morgan fingerprint density at radius 3 is 2.58 bits per heavy atom. The van der Waals surface area contributed by atoms with Crippen LogP contribution in [-0.2, 0) is 4.74 Å². The van der Waals surface area contributed by atoms with Crippen LogP contribution in [0.5, 0.6) is 0 Å². The van der Waals surface area contributed by atoms with E-state index in [1.54, 1.807) is 24.3 Å². The number of nitrogens with zero attached hydrogens (tertiary/aromatic N) is 4. The predicted octanol–water partition coefficient (Wildman–Crippen LogP) is 0.835. The Labute approximate surface area is 152 Å². The number of hydrogen-bond donors (Lipinski definition) is 4. The van der Waals surface area contributed by atoms with E-state index in [1.807, 2.05) is 0 Å². The lowest BCUT2D eigenvalue weighted by Crippen LogP contribution is -2.33. The van der Waals surface area contributed by atoms with Crippen LogP contribution in [0.2, 0.25) is 5.02 Å². The molecule has 4 rings (SSSR count). The molecule has 10 heteroatoms. The van der Waals surface area contributed by atoms with Crippen molar-refractivity contribution in [3.63, 3.8) is 0 Å². The third-order valence-electron chi connectivity index (χ3n) is 4.26. The number of aromatic nitrogens is 4. The summed E-state index contributed by atoms with van der Waals surface area (Å²) < 4.78 is 7.04. The first-order valence-electron chi connectivity index (χ1n) is 7.91. The maximum atomic E-state index is 10.2. The van der Waals surface area contributed by atoms with Gasteiger partial charge in [-0.2, -0.15) is 0 Å². The molecule has 4 atom stereocenters. The molecule has 3 heterocycles. The number of rotatable bonds is 4. The van der Waals surface area contributed by atoms with Crippen LogP contribution in [0.3, 0.4) is 0 Å². The van der Waals surface area contributed by atoms with Crippen LogP contribution in [0.1, 0.15) is 6.23 Å². The minimum absolute atomic E-state index is 0.403. The number of aliphatic hydroxyl groups excluding tert-OH is 3. The number of anilines is 2. The van der Waals surface area contributed by atoms with E-state index in [4.69, 9.17) is 16.3 Å². The third kappa shape index (κ3) is 2.89. The lowest BCUT2D eigenvalue weighted by atomic mass is 10.1. The lowest BCUT2D eigenvalue weighted by Gasteiger charge is -2.16. The van der Waals surface area contributed by atoms with Gasteiger partial charge in [0.1, 0.15) is 24.6 Å². The molecule has 0 bridgehead atoms. The van der Waals surface area contributed by atoms with Crippen molar-refractivity contribution in [2.45, 2.75) is 24.5 Å². The summed E-state index contributed by atoms with van der Waals surface area (Å²) in [4.78, 5) is 12.7. The zero-order valence-electron chi connectivity index (χ0n) is 13.4. The van der Waals surface area contributed by atoms with Gasteiger partial charge in [0.05, 0.1) is 12.9 Å². The molecule has 1 aliphatic rings. The van der Waals surface area contributed by atoms with Crippen LogP contribution >= 0.6 is 11.6 Å². The summed E-state index contributed by atoms with van der Waals surface area (Å²) in [6.45, 7) is -0.403. The second kappa shape index (κ2) is 6.78. The zero-order chi connectivity index (χ0) is 18.3. The number of nitrogens with one attached hydrogen (secondary N) is 1. The molecule has 2 aromatic heterocycles. The van der Waals surface area contributed by atoms with Gasteiger partial charge in [0.25, 0.3) is 0 Å². The van der Waals surface area contributed by atoms with Crippen molar-refractivity contribution in [2.24, 2.45) is 0 Å².